The van der Waals surface area contributed by atoms with Gasteiger partial charge in [-0.3, -0.25) is 0 Å². The number of hydrogen-bond acceptors (Lipinski definition) is 5. The van der Waals surface area contributed by atoms with Crippen LogP contribution >= 0.6 is 0 Å². The first-order valence-corrected chi connectivity index (χ1v) is 9.37. The highest BCUT2D eigenvalue weighted by Gasteiger charge is 2.48. The van der Waals surface area contributed by atoms with Gasteiger partial charge in [-0.1, -0.05) is 36.3 Å². The molecule has 0 radical (unpaired) electrons. The molecule has 6 atom stereocenters. The normalized spacial score (nSPS) is 35.0. The van der Waals surface area contributed by atoms with Gasteiger partial charge in [0.25, 0.3) is 0 Å². The van der Waals surface area contributed by atoms with Gasteiger partial charge in [0.05, 0.1) is 12.7 Å². The lowest BCUT2D eigenvalue weighted by molar-refractivity contribution is 0.0660. The van der Waals surface area contributed by atoms with Crippen LogP contribution in [0.4, 0.5) is 0 Å². The van der Waals surface area contributed by atoms with Crippen molar-refractivity contribution in [2.24, 2.45) is 34.6 Å². The molecule has 2 aliphatic rings. The summed E-state index contributed by atoms with van der Waals surface area (Å²) in [5.41, 5.74) is 7.67. The molecule has 0 spiro atoms. The van der Waals surface area contributed by atoms with E-state index in [0.717, 1.165) is 24.8 Å². The second kappa shape index (κ2) is 8.30. The maximum atomic E-state index is 10.6. The van der Waals surface area contributed by atoms with Crippen molar-refractivity contribution >= 4 is 6.21 Å². The van der Waals surface area contributed by atoms with Crippen molar-refractivity contribution in [1.29, 1.82) is 0 Å². The van der Waals surface area contributed by atoms with E-state index in [1.807, 2.05) is 18.3 Å². The third kappa shape index (κ3) is 4.05. The molecule has 5 nitrogen and oxygen atoms in total. The summed E-state index contributed by atoms with van der Waals surface area (Å²) in [5.74, 6) is 2.07. The summed E-state index contributed by atoms with van der Waals surface area (Å²) in [6.07, 6.45) is 4.53. The van der Waals surface area contributed by atoms with E-state index < -0.39 is 0 Å². The average molecular weight is 346 g/mol. The molecule has 0 aliphatic heterocycles. The molecule has 2 saturated carbocycles. The molecule has 0 amide bonds. The van der Waals surface area contributed by atoms with Gasteiger partial charge in [-0.2, -0.15) is 0 Å². The van der Waals surface area contributed by atoms with Crippen molar-refractivity contribution < 1.29 is 15.1 Å². The number of nitrogens with two attached hydrogens (primary N) is 1. The van der Waals surface area contributed by atoms with E-state index in [2.05, 4.69) is 24.2 Å². The summed E-state index contributed by atoms with van der Waals surface area (Å²) in [4.78, 5) is 5.15. The van der Waals surface area contributed by atoms with Crippen molar-refractivity contribution in [2.45, 2.75) is 44.8 Å². The van der Waals surface area contributed by atoms with Crippen LogP contribution in [0.2, 0.25) is 0 Å². The Hall–Kier alpha value is -1.43. The Labute approximate surface area is 149 Å². The van der Waals surface area contributed by atoms with Crippen molar-refractivity contribution in [1.82, 2.24) is 0 Å². The van der Waals surface area contributed by atoms with Crippen LogP contribution in [-0.4, -0.2) is 35.7 Å². The molecule has 2 aliphatic carbocycles. The fourth-order valence-corrected chi connectivity index (χ4v) is 4.93. The molecule has 0 bridgehead atoms. The largest absolute Gasteiger partial charge is 0.395 e. The summed E-state index contributed by atoms with van der Waals surface area (Å²) < 4.78 is 0. The topological polar surface area (TPSA) is 88.1 Å². The minimum atomic E-state index is -0.266. The Morgan fingerprint density at radius 3 is 2.68 bits per heavy atom. The molecule has 4 N–H and O–H groups in total. The van der Waals surface area contributed by atoms with Crippen LogP contribution in [0.15, 0.2) is 29.4 Å². The number of nitrogens with zero attached hydrogens (tertiary/aromatic N) is 1. The highest BCUT2D eigenvalue weighted by molar-refractivity contribution is 5.61. The zero-order valence-electron chi connectivity index (χ0n) is 14.9. The maximum Gasteiger partial charge on any atom is 0.129 e. The van der Waals surface area contributed by atoms with E-state index in [4.69, 9.17) is 10.6 Å². The lowest BCUT2D eigenvalue weighted by Crippen LogP contribution is -2.34. The summed E-state index contributed by atoms with van der Waals surface area (Å²) in [6.45, 7) is 3.27. The first kappa shape index (κ1) is 18.4. The summed E-state index contributed by atoms with van der Waals surface area (Å²) in [5, 5.41) is 23.9. The minimum absolute atomic E-state index is 0.0814. The van der Waals surface area contributed by atoms with E-state index >= 15 is 0 Å². The third-order valence-corrected chi connectivity index (χ3v) is 6.04. The molecule has 1 aromatic carbocycles. The summed E-state index contributed by atoms with van der Waals surface area (Å²) >= 11 is 0. The van der Waals surface area contributed by atoms with Crippen molar-refractivity contribution in [3.05, 3.63) is 35.4 Å². The van der Waals surface area contributed by atoms with Gasteiger partial charge in [-0.25, -0.2) is 0 Å². The van der Waals surface area contributed by atoms with Crippen molar-refractivity contribution in [3.63, 3.8) is 0 Å². The van der Waals surface area contributed by atoms with E-state index in [1.54, 1.807) is 0 Å². The van der Waals surface area contributed by atoms with Crippen LogP contribution in [0.1, 0.15) is 43.2 Å². The lowest BCUT2D eigenvalue weighted by Gasteiger charge is -2.39. The van der Waals surface area contributed by atoms with Gasteiger partial charge in [0, 0.05) is 18.7 Å². The van der Waals surface area contributed by atoms with E-state index in [9.17, 15) is 10.2 Å². The standard InChI is InChI=1S/C20H30N2O3/c1-13-8-16(15-4-2-14(12-23)3-5-15)9-18-19(24)10-17(20(13)18)11-22-25-7-6-21/h2-5,11,13,16-20,23-24H,6-10,12,21H2,1H3/b22-11+/t13?,16-,17+,18+,19?,20+/m0/s1. The third-order valence-electron chi connectivity index (χ3n) is 6.04. The van der Waals surface area contributed by atoms with E-state index in [0.29, 0.717) is 36.8 Å². The van der Waals surface area contributed by atoms with Crippen LogP contribution in [0.25, 0.3) is 0 Å². The van der Waals surface area contributed by atoms with Crippen LogP contribution in [0.5, 0.6) is 0 Å². The molecule has 0 heterocycles. The molecule has 2 fully saturated rings. The van der Waals surface area contributed by atoms with Crippen LogP contribution in [0.3, 0.4) is 0 Å². The Morgan fingerprint density at radius 2 is 2.00 bits per heavy atom. The van der Waals surface area contributed by atoms with Gasteiger partial charge in [0.1, 0.15) is 6.61 Å². The number of fused-ring (bicyclic) bond motifs is 1. The molecule has 25 heavy (non-hydrogen) atoms. The highest BCUT2D eigenvalue weighted by Crippen LogP contribution is 2.52. The predicted octanol–water partition coefficient (Wildman–Crippen LogP) is 2.27. The van der Waals surface area contributed by atoms with Gasteiger partial charge in [0.15, 0.2) is 0 Å². The molecule has 138 valence electrons. The first-order chi connectivity index (χ1) is 12.1. The van der Waals surface area contributed by atoms with Crippen molar-refractivity contribution in [3.8, 4) is 0 Å². The zero-order chi connectivity index (χ0) is 17.8. The van der Waals surface area contributed by atoms with Gasteiger partial charge < -0.3 is 20.8 Å². The molecule has 1 aromatic rings. The van der Waals surface area contributed by atoms with Crippen LogP contribution < -0.4 is 5.73 Å². The molecular formula is C20H30N2O3. The van der Waals surface area contributed by atoms with Gasteiger partial charge in [0.2, 0.25) is 0 Å². The van der Waals surface area contributed by atoms with Gasteiger partial charge in [-0.05, 0) is 54.1 Å². The molecular weight excluding hydrogens is 316 g/mol. The fraction of sp³-hybridized carbons (Fsp3) is 0.650. The first-order valence-electron chi connectivity index (χ1n) is 9.37. The predicted molar refractivity (Wildman–Crippen MR) is 98.1 cm³/mol. The number of aliphatic hydroxyl groups excluding tert-OH is 2. The van der Waals surface area contributed by atoms with Gasteiger partial charge >= 0.3 is 0 Å². The highest BCUT2D eigenvalue weighted by atomic mass is 16.6. The summed E-state index contributed by atoms with van der Waals surface area (Å²) in [7, 11) is 0. The number of rotatable bonds is 6. The smallest absolute Gasteiger partial charge is 0.129 e. The molecule has 0 saturated heterocycles. The lowest BCUT2D eigenvalue weighted by atomic mass is 9.66. The van der Waals surface area contributed by atoms with Crippen LogP contribution in [-0.2, 0) is 11.4 Å². The second-order valence-electron chi connectivity index (χ2n) is 7.63. The minimum Gasteiger partial charge on any atom is -0.395 e. The molecule has 3 rings (SSSR count). The maximum absolute atomic E-state index is 10.6. The zero-order valence-corrected chi connectivity index (χ0v) is 14.9. The average Bonchev–Trinajstić information content (AvgIpc) is 2.95. The SMILES string of the molecule is CC1C[C@H](c2ccc(CO)cc2)C[C@@H]2C(O)C[C@H](/C=N/OCCN)[C@@H]12. The summed E-state index contributed by atoms with van der Waals surface area (Å²) in [6, 6.07) is 8.26. The Morgan fingerprint density at radius 1 is 1.24 bits per heavy atom. The van der Waals surface area contributed by atoms with Crippen LogP contribution in [0, 0.1) is 23.7 Å². The number of hydrogen-bond donors (Lipinski definition) is 3. The second-order valence-corrected chi connectivity index (χ2v) is 7.63. The Balaban J connectivity index is 1.69. The number of oxime groups is 1. The number of aliphatic hydroxyl groups is 2. The Bertz CT molecular complexity index is 575. The van der Waals surface area contributed by atoms with E-state index in [-0.39, 0.29) is 18.6 Å². The number of benzene rings is 1. The molecule has 0 aromatic heterocycles. The quantitative estimate of drug-likeness (QED) is 0.419. The molecule has 5 heteroatoms. The molecule has 2 unspecified atom stereocenters. The fourth-order valence-electron chi connectivity index (χ4n) is 4.93. The van der Waals surface area contributed by atoms with E-state index in [1.165, 1.54) is 5.56 Å². The Kier molecular flexibility index (Phi) is 6.10. The van der Waals surface area contributed by atoms with Gasteiger partial charge in [-0.15, -0.1) is 0 Å². The monoisotopic (exact) mass is 346 g/mol. The van der Waals surface area contributed by atoms with Crippen molar-refractivity contribution in [2.75, 3.05) is 13.2 Å².